The highest BCUT2D eigenvalue weighted by Gasteiger charge is 2.28. The van der Waals surface area contributed by atoms with E-state index in [9.17, 15) is 4.79 Å². The molecule has 0 N–H and O–H groups in total. The Kier molecular flexibility index (Phi) is 5.57. The first-order chi connectivity index (χ1) is 13.1. The molecule has 2 aliphatic rings. The fourth-order valence-corrected chi connectivity index (χ4v) is 5.21. The van der Waals surface area contributed by atoms with E-state index in [2.05, 4.69) is 10.1 Å². The predicted octanol–water partition coefficient (Wildman–Crippen LogP) is 3.87. The summed E-state index contributed by atoms with van der Waals surface area (Å²) in [5.41, 5.74) is 1.32. The van der Waals surface area contributed by atoms with E-state index < -0.39 is 0 Å². The van der Waals surface area contributed by atoms with Crippen molar-refractivity contribution in [1.29, 1.82) is 0 Å². The normalized spacial score (nSPS) is 20.1. The topological polar surface area (TPSA) is 72.1 Å². The zero-order valence-corrected chi connectivity index (χ0v) is 17.1. The van der Waals surface area contributed by atoms with Gasteiger partial charge in [0.1, 0.15) is 0 Å². The number of fused-ring (bicyclic) bond motifs is 1. The summed E-state index contributed by atoms with van der Waals surface area (Å²) in [7, 11) is 0. The van der Waals surface area contributed by atoms with Crippen LogP contribution in [0.25, 0.3) is 0 Å². The van der Waals surface area contributed by atoms with Gasteiger partial charge in [-0.1, -0.05) is 19.0 Å². The number of piperidine rings is 1. The first-order valence-corrected chi connectivity index (χ1v) is 11.0. The van der Waals surface area contributed by atoms with Gasteiger partial charge in [-0.3, -0.25) is 4.79 Å². The second-order valence-electron chi connectivity index (χ2n) is 8.01. The fourth-order valence-electron chi connectivity index (χ4n) is 3.93. The number of rotatable bonds is 5. The second kappa shape index (κ2) is 8.09. The molecule has 2 aromatic heterocycles. The van der Waals surface area contributed by atoms with Crippen molar-refractivity contribution in [3.05, 3.63) is 27.3 Å². The van der Waals surface area contributed by atoms with Crippen molar-refractivity contribution < 1.29 is 9.32 Å². The number of carbonyl (C=O) groups excluding carboxylic acids is 1. The van der Waals surface area contributed by atoms with Crippen molar-refractivity contribution in [2.24, 2.45) is 0 Å². The molecule has 1 atom stereocenters. The molecule has 2 aromatic rings. The van der Waals surface area contributed by atoms with Crippen LogP contribution in [-0.2, 0) is 24.1 Å². The van der Waals surface area contributed by atoms with Gasteiger partial charge in [0, 0.05) is 42.6 Å². The average Bonchev–Trinajstić information content (AvgIpc) is 3.33. The quantitative estimate of drug-likeness (QED) is 0.777. The molecule has 0 bridgehead atoms. The lowest BCUT2D eigenvalue weighted by Gasteiger charge is -2.31. The Morgan fingerprint density at radius 2 is 2.11 bits per heavy atom. The Morgan fingerprint density at radius 3 is 2.89 bits per heavy atom. The predicted molar refractivity (Wildman–Crippen MR) is 104 cm³/mol. The van der Waals surface area contributed by atoms with E-state index >= 15 is 0 Å². The van der Waals surface area contributed by atoms with Gasteiger partial charge in [0.25, 0.3) is 0 Å². The van der Waals surface area contributed by atoms with Crippen LogP contribution < -0.4 is 0 Å². The molecule has 0 saturated carbocycles. The zero-order valence-electron chi connectivity index (χ0n) is 16.2. The van der Waals surface area contributed by atoms with Gasteiger partial charge in [-0.05, 0) is 38.5 Å². The molecule has 27 heavy (non-hydrogen) atoms. The van der Waals surface area contributed by atoms with Gasteiger partial charge < -0.3 is 9.42 Å². The van der Waals surface area contributed by atoms with Crippen molar-refractivity contribution in [3.63, 3.8) is 0 Å². The molecule has 7 heteroatoms. The molecule has 1 aliphatic heterocycles. The second-order valence-corrected chi connectivity index (χ2v) is 9.12. The van der Waals surface area contributed by atoms with Crippen molar-refractivity contribution in [2.75, 3.05) is 13.1 Å². The zero-order chi connectivity index (χ0) is 18.8. The van der Waals surface area contributed by atoms with E-state index in [-0.39, 0.29) is 11.8 Å². The van der Waals surface area contributed by atoms with Crippen molar-refractivity contribution >= 4 is 17.2 Å². The molecule has 6 nitrogen and oxygen atoms in total. The van der Waals surface area contributed by atoms with Gasteiger partial charge in [0.05, 0.1) is 10.7 Å². The van der Waals surface area contributed by atoms with Crippen LogP contribution in [0.15, 0.2) is 4.52 Å². The number of aromatic nitrogens is 3. The molecule has 0 spiro atoms. The molecule has 1 amide bonds. The van der Waals surface area contributed by atoms with Crippen LogP contribution in [0.1, 0.15) is 85.1 Å². The van der Waals surface area contributed by atoms with Crippen LogP contribution in [-0.4, -0.2) is 39.0 Å². The molecule has 0 aromatic carbocycles. The summed E-state index contributed by atoms with van der Waals surface area (Å²) in [6.45, 7) is 5.71. The third kappa shape index (κ3) is 4.23. The van der Waals surface area contributed by atoms with Crippen molar-refractivity contribution in [2.45, 2.75) is 77.0 Å². The lowest BCUT2D eigenvalue weighted by molar-refractivity contribution is -0.132. The molecule has 0 radical (unpaired) electrons. The lowest BCUT2D eigenvalue weighted by atomic mass is 9.98. The largest absolute Gasteiger partial charge is 0.342 e. The van der Waals surface area contributed by atoms with Gasteiger partial charge in [-0.2, -0.15) is 4.98 Å². The van der Waals surface area contributed by atoms with E-state index in [0.29, 0.717) is 30.5 Å². The fraction of sp³-hybridized carbons (Fsp3) is 0.700. The van der Waals surface area contributed by atoms with Crippen LogP contribution in [0.3, 0.4) is 0 Å². The number of aryl methyl sites for hydroxylation is 3. The minimum absolute atomic E-state index is 0.185. The smallest absolute Gasteiger partial charge is 0.227 e. The molecule has 3 heterocycles. The van der Waals surface area contributed by atoms with E-state index in [1.54, 1.807) is 0 Å². The number of hydrogen-bond donors (Lipinski definition) is 0. The number of amides is 1. The van der Waals surface area contributed by atoms with Gasteiger partial charge in [-0.25, -0.2) is 4.98 Å². The number of hydrogen-bond acceptors (Lipinski definition) is 6. The van der Waals surface area contributed by atoms with Gasteiger partial charge >= 0.3 is 0 Å². The SMILES string of the molecule is CC(C)c1noc(CCC(=O)N2CCCC(c3nc4c(s3)CCCC4)C2)n1. The van der Waals surface area contributed by atoms with Crippen molar-refractivity contribution in [3.8, 4) is 0 Å². The third-order valence-electron chi connectivity index (χ3n) is 5.54. The molecule has 1 aliphatic carbocycles. The summed E-state index contributed by atoms with van der Waals surface area (Å²) in [4.78, 5) is 25.5. The van der Waals surface area contributed by atoms with Gasteiger partial charge in [0.2, 0.25) is 11.8 Å². The first kappa shape index (κ1) is 18.6. The molecule has 1 saturated heterocycles. The van der Waals surface area contributed by atoms with Crippen LogP contribution >= 0.6 is 11.3 Å². The summed E-state index contributed by atoms with van der Waals surface area (Å²) in [6, 6.07) is 0. The molecule has 1 unspecified atom stereocenters. The highest BCUT2D eigenvalue weighted by molar-refractivity contribution is 7.11. The van der Waals surface area contributed by atoms with E-state index in [4.69, 9.17) is 9.51 Å². The third-order valence-corrected chi connectivity index (χ3v) is 6.86. The Morgan fingerprint density at radius 1 is 1.26 bits per heavy atom. The maximum Gasteiger partial charge on any atom is 0.227 e. The van der Waals surface area contributed by atoms with Crippen LogP contribution in [0.5, 0.6) is 0 Å². The van der Waals surface area contributed by atoms with Crippen LogP contribution in [0.2, 0.25) is 0 Å². The van der Waals surface area contributed by atoms with Crippen LogP contribution in [0, 0.1) is 0 Å². The van der Waals surface area contributed by atoms with Crippen LogP contribution in [0.4, 0.5) is 0 Å². The molecule has 1 fully saturated rings. The summed E-state index contributed by atoms with van der Waals surface area (Å²) in [5, 5.41) is 5.22. The number of nitrogens with zero attached hydrogens (tertiary/aromatic N) is 4. The summed E-state index contributed by atoms with van der Waals surface area (Å²) in [6.07, 6.45) is 8.01. The van der Waals surface area contributed by atoms with Gasteiger partial charge in [0.15, 0.2) is 5.82 Å². The molecule has 4 rings (SSSR count). The number of carbonyl (C=O) groups is 1. The highest BCUT2D eigenvalue weighted by atomic mass is 32.1. The highest BCUT2D eigenvalue weighted by Crippen LogP contribution is 2.34. The maximum absolute atomic E-state index is 12.7. The molecular formula is C20H28N4O2S. The van der Waals surface area contributed by atoms with Gasteiger partial charge in [-0.15, -0.1) is 11.3 Å². The molecule has 146 valence electrons. The summed E-state index contributed by atoms with van der Waals surface area (Å²) >= 11 is 1.89. The van der Waals surface area contributed by atoms with Crippen molar-refractivity contribution in [1.82, 2.24) is 20.0 Å². The average molecular weight is 389 g/mol. The van der Waals surface area contributed by atoms with E-state index in [1.807, 2.05) is 30.1 Å². The van der Waals surface area contributed by atoms with E-state index in [0.717, 1.165) is 32.4 Å². The standard InChI is InChI=1S/C20H28N4O2S/c1-13(2)19-22-17(26-23-19)9-10-18(25)24-11-5-6-14(12-24)20-21-15-7-3-4-8-16(15)27-20/h13-14H,3-12H2,1-2H3. The minimum atomic E-state index is 0.185. The maximum atomic E-state index is 12.7. The lowest BCUT2D eigenvalue weighted by Crippen LogP contribution is -2.39. The number of thiazole rings is 1. The first-order valence-electron chi connectivity index (χ1n) is 10.2. The summed E-state index contributed by atoms with van der Waals surface area (Å²) < 4.78 is 5.26. The summed E-state index contributed by atoms with van der Waals surface area (Å²) in [5.74, 6) is 2.10. The number of likely N-dealkylation sites (tertiary alicyclic amines) is 1. The Bertz CT molecular complexity index is 774. The van der Waals surface area contributed by atoms with E-state index in [1.165, 1.54) is 34.8 Å². The monoisotopic (exact) mass is 388 g/mol. The minimum Gasteiger partial charge on any atom is -0.342 e. The Balaban J connectivity index is 1.34. The molecular weight excluding hydrogens is 360 g/mol. The Labute approximate surface area is 164 Å². The Hall–Kier alpha value is -1.76.